The molecule has 1 saturated heterocycles. The third-order valence-corrected chi connectivity index (χ3v) is 5.73. The second-order valence-electron chi connectivity index (χ2n) is 5.63. The number of nitrogens with one attached hydrogen (secondary N) is 1. The minimum atomic E-state index is -3.36. The van der Waals surface area contributed by atoms with Crippen molar-refractivity contribution in [1.29, 1.82) is 0 Å². The van der Waals surface area contributed by atoms with Gasteiger partial charge in [0.25, 0.3) is 0 Å². The van der Waals surface area contributed by atoms with E-state index in [-0.39, 0.29) is 30.2 Å². The molecule has 20 heavy (non-hydrogen) atoms. The van der Waals surface area contributed by atoms with Gasteiger partial charge in [0.05, 0.1) is 18.4 Å². The second kappa shape index (κ2) is 7.38. The van der Waals surface area contributed by atoms with E-state index in [0.717, 1.165) is 0 Å². The van der Waals surface area contributed by atoms with E-state index >= 15 is 0 Å². The minimum absolute atomic E-state index is 0.0738. The molecule has 1 amide bonds. The number of hydrogen-bond donors (Lipinski definition) is 2. The van der Waals surface area contributed by atoms with Crippen LogP contribution in [0.2, 0.25) is 0 Å². The maximum absolute atomic E-state index is 12.3. The summed E-state index contributed by atoms with van der Waals surface area (Å²) in [6, 6.07) is -0.960. The van der Waals surface area contributed by atoms with E-state index in [1.165, 1.54) is 4.31 Å². The summed E-state index contributed by atoms with van der Waals surface area (Å²) < 4.78 is 25.6. The summed E-state index contributed by atoms with van der Waals surface area (Å²) in [6.45, 7) is 5.88. The zero-order valence-corrected chi connectivity index (χ0v) is 13.3. The number of carbonyl (C=O) groups is 1. The largest absolute Gasteiger partial charge is 0.394 e. The van der Waals surface area contributed by atoms with Gasteiger partial charge in [0.15, 0.2) is 0 Å². The number of rotatable bonds is 7. The predicted octanol–water partition coefficient (Wildman–Crippen LogP) is 0.324. The molecule has 1 aliphatic heterocycles. The summed E-state index contributed by atoms with van der Waals surface area (Å²) in [5, 5.41) is 12.0. The SMILES string of the molecule is CCCS(=O)(=O)N1CCCC1C(=O)NC(CO)C(C)C. The Morgan fingerprint density at radius 3 is 2.60 bits per heavy atom. The summed E-state index contributed by atoms with van der Waals surface area (Å²) >= 11 is 0. The third-order valence-electron chi connectivity index (χ3n) is 3.65. The fourth-order valence-electron chi connectivity index (χ4n) is 2.41. The summed E-state index contributed by atoms with van der Waals surface area (Å²) in [5.74, 6) is -0.120. The van der Waals surface area contributed by atoms with Gasteiger partial charge < -0.3 is 10.4 Å². The lowest BCUT2D eigenvalue weighted by atomic mass is 10.0. The van der Waals surface area contributed by atoms with E-state index in [1.807, 2.05) is 20.8 Å². The summed E-state index contributed by atoms with van der Waals surface area (Å²) in [4.78, 5) is 12.3. The van der Waals surface area contributed by atoms with Crippen LogP contribution in [0, 0.1) is 5.92 Å². The van der Waals surface area contributed by atoms with Gasteiger partial charge in [0.2, 0.25) is 15.9 Å². The highest BCUT2D eigenvalue weighted by atomic mass is 32.2. The molecule has 1 fully saturated rings. The molecule has 0 aromatic rings. The number of sulfonamides is 1. The van der Waals surface area contributed by atoms with Crippen molar-refractivity contribution in [1.82, 2.24) is 9.62 Å². The molecule has 6 nitrogen and oxygen atoms in total. The molecule has 2 unspecified atom stereocenters. The van der Waals surface area contributed by atoms with Crippen LogP contribution in [0.4, 0.5) is 0 Å². The Kier molecular flexibility index (Phi) is 6.42. The van der Waals surface area contributed by atoms with E-state index in [0.29, 0.717) is 25.8 Å². The van der Waals surface area contributed by atoms with Gasteiger partial charge in [-0.1, -0.05) is 20.8 Å². The highest BCUT2D eigenvalue weighted by molar-refractivity contribution is 7.89. The predicted molar refractivity (Wildman–Crippen MR) is 77.7 cm³/mol. The molecule has 118 valence electrons. The fourth-order valence-corrected chi connectivity index (χ4v) is 4.16. The van der Waals surface area contributed by atoms with Crippen LogP contribution in [0.15, 0.2) is 0 Å². The Hall–Kier alpha value is -0.660. The molecule has 0 aromatic carbocycles. The molecular formula is C13H26N2O4S. The first-order valence-electron chi connectivity index (χ1n) is 7.24. The van der Waals surface area contributed by atoms with Crippen molar-refractivity contribution in [2.24, 2.45) is 5.92 Å². The number of amides is 1. The van der Waals surface area contributed by atoms with E-state index in [4.69, 9.17) is 0 Å². The van der Waals surface area contributed by atoms with Crippen molar-refractivity contribution in [3.8, 4) is 0 Å². The quantitative estimate of drug-likeness (QED) is 0.709. The van der Waals surface area contributed by atoms with Crippen LogP contribution in [0.1, 0.15) is 40.0 Å². The van der Waals surface area contributed by atoms with Gasteiger partial charge in [0.1, 0.15) is 6.04 Å². The number of aliphatic hydroxyl groups is 1. The van der Waals surface area contributed by atoms with Gasteiger partial charge in [-0.3, -0.25) is 4.79 Å². The number of nitrogens with zero attached hydrogens (tertiary/aromatic N) is 1. The van der Waals surface area contributed by atoms with Crippen LogP contribution >= 0.6 is 0 Å². The van der Waals surface area contributed by atoms with E-state index in [1.54, 1.807) is 0 Å². The van der Waals surface area contributed by atoms with Gasteiger partial charge in [-0.15, -0.1) is 0 Å². The lowest BCUT2D eigenvalue weighted by Crippen LogP contribution is -2.51. The zero-order valence-electron chi connectivity index (χ0n) is 12.5. The van der Waals surface area contributed by atoms with Crippen LogP contribution in [-0.4, -0.2) is 54.7 Å². The Bertz CT molecular complexity index is 422. The van der Waals surface area contributed by atoms with Gasteiger partial charge in [0, 0.05) is 6.54 Å². The van der Waals surface area contributed by atoms with Crippen LogP contribution in [0.25, 0.3) is 0 Å². The molecule has 0 saturated carbocycles. The molecular weight excluding hydrogens is 280 g/mol. The maximum Gasteiger partial charge on any atom is 0.238 e. The molecule has 1 rings (SSSR count). The number of carbonyl (C=O) groups excluding carboxylic acids is 1. The van der Waals surface area contributed by atoms with Gasteiger partial charge in [-0.25, -0.2) is 8.42 Å². The van der Waals surface area contributed by atoms with Gasteiger partial charge in [-0.2, -0.15) is 4.31 Å². The van der Waals surface area contributed by atoms with Crippen molar-refractivity contribution in [2.75, 3.05) is 18.9 Å². The number of aliphatic hydroxyl groups excluding tert-OH is 1. The van der Waals surface area contributed by atoms with Crippen molar-refractivity contribution >= 4 is 15.9 Å². The molecule has 2 atom stereocenters. The van der Waals surface area contributed by atoms with E-state index < -0.39 is 16.1 Å². The van der Waals surface area contributed by atoms with Crippen LogP contribution in [-0.2, 0) is 14.8 Å². The first kappa shape index (κ1) is 17.4. The molecule has 2 N–H and O–H groups in total. The molecule has 0 aliphatic carbocycles. The Morgan fingerprint density at radius 1 is 1.45 bits per heavy atom. The minimum Gasteiger partial charge on any atom is -0.394 e. The molecule has 1 heterocycles. The Balaban J connectivity index is 2.76. The van der Waals surface area contributed by atoms with Crippen LogP contribution < -0.4 is 5.32 Å². The maximum atomic E-state index is 12.3. The third kappa shape index (κ3) is 4.17. The van der Waals surface area contributed by atoms with Crippen molar-refractivity contribution in [2.45, 2.75) is 52.1 Å². The second-order valence-corrected chi connectivity index (χ2v) is 7.67. The Labute approximate surface area is 121 Å². The highest BCUT2D eigenvalue weighted by Crippen LogP contribution is 2.22. The van der Waals surface area contributed by atoms with Crippen LogP contribution in [0.3, 0.4) is 0 Å². The normalized spacial score (nSPS) is 22.1. The monoisotopic (exact) mass is 306 g/mol. The molecule has 7 heteroatoms. The van der Waals surface area contributed by atoms with Crippen LogP contribution in [0.5, 0.6) is 0 Å². The average molecular weight is 306 g/mol. The van der Waals surface area contributed by atoms with E-state index in [9.17, 15) is 18.3 Å². The van der Waals surface area contributed by atoms with E-state index in [2.05, 4.69) is 5.32 Å². The fraction of sp³-hybridized carbons (Fsp3) is 0.923. The Morgan fingerprint density at radius 2 is 2.10 bits per heavy atom. The van der Waals surface area contributed by atoms with Gasteiger partial charge in [-0.05, 0) is 25.2 Å². The zero-order chi connectivity index (χ0) is 15.3. The summed E-state index contributed by atoms with van der Waals surface area (Å²) in [6.07, 6.45) is 1.79. The van der Waals surface area contributed by atoms with Crippen molar-refractivity contribution in [3.05, 3.63) is 0 Å². The summed E-state index contributed by atoms with van der Waals surface area (Å²) in [7, 11) is -3.36. The molecule has 0 spiro atoms. The topological polar surface area (TPSA) is 86.7 Å². The lowest BCUT2D eigenvalue weighted by Gasteiger charge is -2.26. The van der Waals surface area contributed by atoms with Crippen molar-refractivity contribution in [3.63, 3.8) is 0 Å². The molecule has 0 bridgehead atoms. The molecule has 0 aromatic heterocycles. The molecule has 0 radical (unpaired) electrons. The first-order valence-corrected chi connectivity index (χ1v) is 8.85. The lowest BCUT2D eigenvalue weighted by molar-refractivity contribution is -0.125. The smallest absolute Gasteiger partial charge is 0.238 e. The van der Waals surface area contributed by atoms with Gasteiger partial charge >= 0.3 is 0 Å². The highest BCUT2D eigenvalue weighted by Gasteiger charge is 2.38. The first-order chi connectivity index (χ1) is 9.33. The number of hydrogen-bond acceptors (Lipinski definition) is 4. The standard InChI is InChI=1S/C13H26N2O4S/c1-4-8-20(18,19)15-7-5-6-12(15)13(17)14-11(9-16)10(2)3/h10-12,16H,4-9H2,1-3H3,(H,14,17). The molecule has 1 aliphatic rings. The van der Waals surface area contributed by atoms with Crippen molar-refractivity contribution < 1.29 is 18.3 Å². The summed E-state index contributed by atoms with van der Waals surface area (Å²) in [5.41, 5.74) is 0. The average Bonchev–Trinajstić information content (AvgIpc) is 2.85.